The average molecular weight is 360 g/mol. The van der Waals surface area contributed by atoms with Crippen LogP contribution in [-0.4, -0.2) is 39.8 Å². The lowest BCUT2D eigenvalue weighted by molar-refractivity contribution is 0.307. The number of hydrogen-bond donors (Lipinski definition) is 0. The average Bonchev–Trinajstić information content (AvgIpc) is 3.17. The highest BCUT2D eigenvalue weighted by Gasteiger charge is 2.18. The standard InChI is InChI=1S/C22H24N4O/c1-25(13-14-26-17-23-16-24-26)12-6-10-20-19-8-3-2-7-18(19)15-27-22-11-5-4-9-21(20)22/h2-5,7-11,16-17H,6,12-15H2,1H3/b20-10-. The van der Waals surface area contributed by atoms with E-state index in [1.165, 1.54) is 22.3 Å². The number of hydrogen-bond acceptors (Lipinski definition) is 4. The molecule has 0 atom stereocenters. The molecule has 0 saturated carbocycles. The van der Waals surface area contributed by atoms with Crippen molar-refractivity contribution in [3.05, 3.63) is 84.0 Å². The van der Waals surface area contributed by atoms with Gasteiger partial charge in [-0.1, -0.05) is 48.5 Å². The van der Waals surface area contributed by atoms with Crippen molar-refractivity contribution in [3.8, 4) is 5.75 Å². The van der Waals surface area contributed by atoms with E-state index in [1.54, 1.807) is 12.7 Å². The minimum absolute atomic E-state index is 0.613. The Morgan fingerprint density at radius 2 is 1.89 bits per heavy atom. The number of para-hydroxylation sites is 1. The Morgan fingerprint density at radius 1 is 1.07 bits per heavy atom. The Labute approximate surface area is 159 Å². The molecule has 2 heterocycles. The van der Waals surface area contributed by atoms with Crippen LogP contribution in [0.15, 0.2) is 67.3 Å². The van der Waals surface area contributed by atoms with Gasteiger partial charge in [-0.3, -0.25) is 4.68 Å². The fourth-order valence-electron chi connectivity index (χ4n) is 3.41. The van der Waals surface area contributed by atoms with Gasteiger partial charge >= 0.3 is 0 Å². The Balaban J connectivity index is 1.50. The molecule has 27 heavy (non-hydrogen) atoms. The van der Waals surface area contributed by atoms with Crippen LogP contribution in [0.5, 0.6) is 5.75 Å². The molecule has 0 N–H and O–H groups in total. The summed E-state index contributed by atoms with van der Waals surface area (Å²) in [5.41, 5.74) is 4.95. The van der Waals surface area contributed by atoms with Gasteiger partial charge in [0.05, 0.1) is 6.54 Å². The van der Waals surface area contributed by atoms with Crippen molar-refractivity contribution in [3.63, 3.8) is 0 Å². The third-order valence-corrected chi connectivity index (χ3v) is 4.90. The zero-order chi connectivity index (χ0) is 18.5. The highest BCUT2D eigenvalue weighted by atomic mass is 16.5. The van der Waals surface area contributed by atoms with Gasteiger partial charge in [-0.25, -0.2) is 4.98 Å². The first-order valence-electron chi connectivity index (χ1n) is 9.33. The van der Waals surface area contributed by atoms with E-state index in [2.05, 4.69) is 70.6 Å². The van der Waals surface area contributed by atoms with Crippen molar-refractivity contribution < 1.29 is 4.74 Å². The van der Waals surface area contributed by atoms with Crippen LogP contribution in [0.4, 0.5) is 0 Å². The minimum atomic E-state index is 0.613. The summed E-state index contributed by atoms with van der Waals surface area (Å²) >= 11 is 0. The molecule has 138 valence electrons. The van der Waals surface area contributed by atoms with Crippen LogP contribution >= 0.6 is 0 Å². The lowest BCUT2D eigenvalue weighted by atomic mass is 9.93. The van der Waals surface area contributed by atoms with Crippen molar-refractivity contribution in [2.24, 2.45) is 0 Å². The molecule has 1 aliphatic heterocycles. The van der Waals surface area contributed by atoms with E-state index in [-0.39, 0.29) is 0 Å². The SMILES string of the molecule is CN(CC/C=C1/c2ccccc2COc2ccccc21)CCn1cncn1. The molecule has 0 saturated heterocycles. The second kappa shape index (κ2) is 8.18. The maximum Gasteiger partial charge on any atom is 0.137 e. The van der Waals surface area contributed by atoms with Crippen molar-refractivity contribution in [2.75, 3.05) is 20.1 Å². The molecule has 0 amide bonds. The van der Waals surface area contributed by atoms with Crippen molar-refractivity contribution in [2.45, 2.75) is 19.6 Å². The molecule has 0 fully saturated rings. The largest absolute Gasteiger partial charge is 0.488 e. The highest BCUT2D eigenvalue weighted by Crippen LogP contribution is 2.36. The quantitative estimate of drug-likeness (QED) is 0.673. The first kappa shape index (κ1) is 17.5. The predicted octanol–water partition coefficient (Wildman–Crippen LogP) is 3.62. The first-order chi connectivity index (χ1) is 13.3. The molecule has 5 heteroatoms. The molecule has 2 aromatic carbocycles. The topological polar surface area (TPSA) is 43.2 Å². The number of fused-ring (bicyclic) bond motifs is 2. The molecular weight excluding hydrogens is 336 g/mol. The van der Waals surface area contributed by atoms with Crippen LogP contribution in [0.1, 0.15) is 23.1 Å². The number of nitrogens with zero attached hydrogens (tertiary/aromatic N) is 4. The number of benzene rings is 2. The van der Waals surface area contributed by atoms with E-state index in [4.69, 9.17) is 4.74 Å². The minimum Gasteiger partial charge on any atom is -0.488 e. The molecule has 0 unspecified atom stereocenters. The maximum atomic E-state index is 6.05. The van der Waals surface area contributed by atoms with E-state index >= 15 is 0 Å². The summed E-state index contributed by atoms with van der Waals surface area (Å²) in [7, 11) is 2.15. The highest BCUT2D eigenvalue weighted by molar-refractivity contribution is 5.84. The maximum absolute atomic E-state index is 6.05. The van der Waals surface area contributed by atoms with Gasteiger partial charge in [-0.05, 0) is 36.2 Å². The molecule has 3 aromatic rings. The summed E-state index contributed by atoms with van der Waals surface area (Å²) in [6.45, 7) is 3.40. The molecule has 4 rings (SSSR count). The Hall–Kier alpha value is -2.92. The first-order valence-corrected chi connectivity index (χ1v) is 9.33. The van der Waals surface area contributed by atoms with E-state index in [1.807, 2.05) is 10.7 Å². The molecule has 1 aliphatic rings. The van der Waals surface area contributed by atoms with Gasteiger partial charge in [0.2, 0.25) is 0 Å². The van der Waals surface area contributed by atoms with Crippen LogP contribution in [0.3, 0.4) is 0 Å². The van der Waals surface area contributed by atoms with Crippen molar-refractivity contribution in [1.82, 2.24) is 19.7 Å². The third-order valence-electron chi connectivity index (χ3n) is 4.90. The lowest BCUT2D eigenvalue weighted by Crippen LogP contribution is -2.24. The number of likely N-dealkylation sites (N-methyl/N-ethyl adjacent to an activating group) is 1. The predicted molar refractivity (Wildman–Crippen MR) is 106 cm³/mol. The van der Waals surface area contributed by atoms with Crippen LogP contribution in [0, 0.1) is 0 Å². The Bertz CT molecular complexity index is 868. The Kier molecular flexibility index (Phi) is 5.30. The van der Waals surface area contributed by atoms with Gasteiger partial charge in [0.1, 0.15) is 25.0 Å². The number of ether oxygens (including phenoxy) is 1. The van der Waals surface area contributed by atoms with Crippen molar-refractivity contribution in [1.29, 1.82) is 0 Å². The number of aromatic nitrogens is 3. The lowest BCUT2D eigenvalue weighted by Gasteiger charge is -2.16. The van der Waals surface area contributed by atoms with Gasteiger partial charge in [-0.2, -0.15) is 5.10 Å². The number of rotatable bonds is 6. The summed E-state index contributed by atoms with van der Waals surface area (Å²) in [4.78, 5) is 6.31. The summed E-state index contributed by atoms with van der Waals surface area (Å²) in [6.07, 6.45) is 6.66. The van der Waals surface area contributed by atoms with Crippen LogP contribution < -0.4 is 4.74 Å². The van der Waals surface area contributed by atoms with E-state index in [9.17, 15) is 0 Å². The monoisotopic (exact) mass is 360 g/mol. The summed E-state index contributed by atoms with van der Waals surface area (Å²) < 4.78 is 7.91. The fourth-order valence-corrected chi connectivity index (χ4v) is 3.41. The third kappa shape index (κ3) is 4.09. The second-order valence-electron chi connectivity index (χ2n) is 6.81. The fraction of sp³-hybridized carbons (Fsp3) is 0.273. The van der Waals surface area contributed by atoms with Crippen molar-refractivity contribution >= 4 is 5.57 Å². The van der Waals surface area contributed by atoms with Gasteiger partial charge < -0.3 is 9.64 Å². The normalized spacial score (nSPS) is 14.5. The molecule has 0 radical (unpaired) electrons. The molecule has 0 spiro atoms. The van der Waals surface area contributed by atoms with Gasteiger partial charge in [0, 0.05) is 18.7 Å². The molecular formula is C22H24N4O. The molecule has 0 aliphatic carbocycles. The summed E-state index contributed by atoms with van der Waals surface area (Å²) in [5, 5.41) is 4.16. The van der Waals surface area contributed by atoms with Crippen LogP contribution in [0.25, 0.3) is 5.57 Å². The second-order valence-corrected chi connectivity index (χ2v) is 6.81. The zero-order valence-electron chi connectivity index (χ0n) is 15.6. The smallest absolute Gasteiger partial charge is 0.137 e. The van der Waals surface area contributed by atoms with Crippen LogP contribution in [-0.2, 0) is 13.2 Å². The molecule has 5 nitrogen and oxygen atoms in total. The molecule has 1 aromatic heterocycles. The van der Waals surface area contributed by atoms with Gasteiger partial charge in [0.15, 0.2) is 0 Å². The zero-order valence-corrected chi connectivity index (χ0v) is 15.6. The Morgan fingerprint density at radius 3 is 2.74 bits per heavy atom. The summed E-state index contributed by atoms with van der Waals surface area (Å²) in [6, 6.07) is 16.8. The van der Waals surface area contributed by atoms with E-state index in [0.717, 1.165) is 31.8 Å². The summed E-state index contributed by atoms with van der Waals surface area (Å²) in [5.74, 6) is 0.958. The molecule has 0 bridgehead atoms. The van der Waals surface area contributed by atoms with Crippen LogP contribution in [0.2, 0.25) is 0 Å². The van der Waals surface area contributed by atoms with Gasteiger partial charge in [-0.15, -0.1) is 0 Å². The van der Waals surface area contributed by atoms with E-state index in [0.29, 0.717) is 6.61 Å². The van der Waals surface area contributed by atoms with E-state index < -0.39 is 0 Å². The van der Waals surface area contributed by atoms with Gasteiger partial charge in [0.25, 0.3) is 0 Å².